The fourth-order valence-corrected chi connectivity index (χ4v) is 4.62. The number of rotatable bonds is 5. The van der Waals surface area contributed by atoms with Gasteiger partial charge >= 0.3 is 0 Å². The average Bonchev–Trinajstić information content (AvgIpc) is 3.29. The summed E-state index contributed by atoms with van der Waals surface area (Å²) in [4.78, 5) is 0. The van der Waals surface area contributed by atoms with Crippen LogP contribution in [0.2, 0.25) is 0 Å². The van der Waals surface area contributed by atoms with Crippen LogP contribution in [0, 0.1) is 0 Å². The molecule has 2 aliphatic heterocycles. The molecule has 0 aromatic heterocycles. The van der Waals surface area contributed by atoms with Crippen LogP contribution >= 0.6 is 15.9 Å². The molecule has 0 N–H and O–H groups in total. The largest absolute Gasteiger partial charge is 0.497 e. The van der Waals surface area contributed by atoms with Crippen molar-refractivity contribution in [1.29, 1.82) is 0 Å². The van der Waals surface area contributed by atoms with Gasteiger partial charge in [-0.15, -0.1) is 0 Å². The topological polar surface area (TPSA) is 52.5 Å². The van der Waals surface area contributed by atoms with Crippen LogP contribution in [0.15, 0.2) is 70.2 Å². The van der Waals surface area contributed by atoms with Crippen LogP contribution in [0.1, 0.15) is 35.4 Å². The minimum atomic E-state index is -0.336. The molecule has 0 amide bonds. The summed E-state index contributed by atoms with van der Waals surface area (Å²) in [5.41, 5.74) is 4.11. The van der Waals surface area contributed by atoms with E-state index in [0.29, 0.717) is 11.5 Å². The molecule has 0 radical (unpaired) electrons. The van der Waals surface area contributed by atoms with Crippen molar-refractivity contribution in [3.05, 3.63) is 81.8 Å². The van der Waals surface area contributed by atoms with Crippen LogP contribution in [0.25, 0.3) is 0 Å². The number of hydrazone groups is 1. The zero-order valence-electron chi connectivity index (χ0n) is 18.0. The standard InChI is InChI=1S/C25H23BrN2O4/c1-29-18-8-4-15(5-9-18)25-28-21(19-13-17(26)7-11-22(19)32-25)14-20(27-28)16-6-10-23(30-2)24(12-16)31-3/h4-13,21,25H,14H2,1-3H3/t21-,25+/m1/s1. The van der Waals surface area contributed by atoms with Gasteiger partial charge in [-0.2, -0.15) is 5.10 Å². The molecule has 5 rings (SSSR count). The number of hydrogen-bond donors (Lipinski definition) is 0. The van der Waals surface area contributed by atoms with Gasteiger partial charge in [0.2, 0.25) is 6.23 Å². The lowest BCUT2D eigenvalue weighted by Crippen LogP contribution is -2.33. The molecule has 0 bridgehead atoms. The fraction of sp³-hybridized carbons (Fsp3) is 0.240. The van der Waals surface area contributed by atoms with Crippen LogP contribution < -0.4 is 18.9 Å². The van der Waals surface area contributed by atoms with E-state index in [-0.39, 0.29) is 12.3 Å². The van der Waals surface area contributed by atoms with E-state index in [1.54, 1.807) is 21.3 Å². The van der Waals surface area contributed by atoms with Gasteiger partial charge in [0.1, 0.15) is 11.5 Å². The molecular weight excluding hydrogens is 472 g/mol. The molecule has 0 saturated carbocycles. The fourth-order valence-electron chi connectivity index (χ4n) is 4.24. The number of methoxy groups -OCH3 is 3. The number of nitrogens with zero attached hydrogens (tertiary/aromatic N) is 2. The highest BCUT2D eigenvalue weighted by Gasteiger charge is 2.41. The van der Waals surface area contributed by atoms with Crippen LogP contribution in [-0.2, 0) is 0 Å². The van der Waals surface area contributed by atoms with Crippen molar-refractivity contribution in [3.63, 3.8) is 0 Å². The molecule has 0 saturated heterocycles. The van der Waals surface area contributed by atoms with Gasteiger partial charge in [-0.05, 0) is 60.7 Å². The van der Waals surface area contributed by atoms with Gasteiger partial charge in [-0.3, -0.25) is 0 Å². The van der Waals surface area contributed by atoms with Gasteiger partial charge in [0.15, 0.2) is 11.5 Å². The Balaban J connectivity index is 1.57. The third kappa shape index (κ3) is 3.56. The first-order chi connectivity index (χ1) is 15.6. The Morgan fingerprint density at radius 3 is 2.41 bits per heavy atom. The SMILES string of the molecule is COc1ccc([C@@H]2Oc3ccc(Br)cc3[C@H]3CC(c4ccc(OC)c(OC)c4)=NN32)cc1. The summed E-state index contributed by atoms with van der Waals surface area (Å²) in [6, 6.07) is 20.0. The van der Waals surface area contributed by atoms with E-state index >= 15 is 0 Å². The zero-order valence-corrected chi connectivity index (χ0v) is 19.6. The lowest BCUT2D eigenvalue weighted by atomic mass is 9.95. The lowest BCUT2D eigenvalue weighted by Gasteiger charge is -2.38. The molecule has 2 aliphatic rings. The highest BCUT2D eigenvalue weighted by molar-refractivity contribution is 9.10. The summed E-state index contributed by atoms with van der Waals surface area (Å²) >= 11 is 3.60. The quantitative estimate of drug-likeness (QED) is 0.454. The number of halogens is 1. The van der Waals surface area contributed by atoms with Crippen molar-refractivity contribution < 1.29 is 18.9 Å². The Morgan fingerprint density at radius 1 is 0.906 bits per heavy atom. The average molecular weight is 495 g/mol. The van der Waals surface area contributed by atoms with Gasteiger partial charge in [0.05, 0.1) is 33.1 Å². The van der Waals surface area contributed by atoms with E-state index in [1.165, 1.54) is 0 Å². The third-order valence-electron chi connectivity index (χ3n) is 5.87. The first-order valence-electron chi connectivity index (χ1n) is 10.3. The van der Waals surface area contributed by atoms with E-state index in [0.717, 1.165) is 44.8 Å². The Bertz CT molecular complexity index is 1180. The zero-order chi connectivity index (χ0) is 22.2. The van der Waals surface area contributed by atoms with Crippen molar-refractivity contribution in [2.24, 2.45) is 5.10 Å². The van der Waals surface area contributed by atoms with E-state index in [9.17, 15) is 0 Å². The van der Waals surface area contributed by atoms with Gasteiger partial charge < -0.3 is 18.9 Å². The maximum atomic E-state index is 6.44. The third-order valence-corrected chi connectivity index (χ3v) is 6.36. The lowest BCUT2D eigenvalue weighted by molar-refractivity contribution is -0.0191. The van der Waals surface area contributed by atoms with Crippen LogP contribution in [0.3, 0.4) is 0 Å². The van der Waals surface area contributed by atoms with Gasteiger partial charge in [-0.25, -0.2) is 5.01 Å². The minimum Gasteiger partial charge on any atom is -0.497 e. The first kappa shape index (κ1) is 20.7. The molecule has 3 aromatic carbocycles. The predicted molar refractivity (Wildman–Crippen MR) is 126 cm³/mol. The summed E-state index contributed by atoms with van der Waals surface area (Å²) in [7, 11) is 4.94. The Morgan fingerprint density at radius 2 is 1.69 bits per heavy atom. The summed E-state index contributed by atoms with van der Waals surface area (Å²) in [5.74, 6) is 3.06. The molecule has 2 heterocycles. The minimum absolute atomic E-state index is 0.0615. The van der Waals surface area contributed by atoms with Gasteiger partial charge in [0, 0.05) is 27.6 Å². The second kappa shape index (κ2) is 8.39. The number of hydrogen-bond acceptors (Lipinski definition) is 6. The molecule has 6 nitrogen and oxygen atoms in total. The van der Waals surface area contributed by atoms with Gasteiger partial charge in [0.25, 0.3) is 0 Å². The van der Waals surface area contributed by atoms with Crippen molar-refractivity contribution in [1.82, 2.24) is 5.01 Å². The van der Waals surface area contributed by atoms with Crippen LogP contribution in [0.5, 0.6) is 23.0 Å². The molecule has 7 heteroatoms. The molecule has 0 aliphatic carbocycles. The van der Waals surface area contributed by atoms with E-state index in [2.05, 4.69) is 27.0 Å². The molecule has 3 aromatic rings. The predicted octanol–water partition coefficient (Wildman–Crippen LogP) is 5.72. The van der Waals surface area contributed by atoms with Crippen molar-refractivity contribution >= 4 is 21.6 Å². The maximum Gasteiger partial charge on any atom is 0.213 e. The molecular formula is C25H23BrN2O4. The van der Waals surface area contributed by atoms with E-state index in [1.807, 2.05) is 54.6 Å². The Kier molecular flexibility index (Phi) is 5.43. The smallest absolute Gasteiger partial charge is 0.213 e. The molecule has 32 heavy (non-hydrogen) atoms. The summed E-state index contributed by atoms with van der Waals surface area (Å²) in [5, 5.41) is 7.08. The number of ether oxygens (including phenoxy) is 4. The first-order valence-corrected chi connectivity index (χ1v) is 11.1. The van der Waals surface area contributed by atoms with E-state index < -0.39 is 0 Å². The Labute approximate surface area is 195 Å². The van der Waals surface area contributed by atoms with Crippen LogP contribution in [0.4, 0.5) is 0 Å². The second-order valence-electron chi connectivity index (χ2n) is 7.64. The molecule has 2 atom stereocenters. The molecule has 0 unspecified atom stereocenters. The highest BCUT2D eigenvalue weighted by atomic mass is 79.9. The second-order valence-corrected chi connectivity index (χ2v) is 8.56. The summed E-state index contributed by atoms with van der Waals surface area (Å²) < 4.78 is 23.7. The number of fused-ring (bicyclic) bond motifs is 3. The molecule has 0 fully saturated rings. The normalized spacial score (nSPS) is 18.9. The van der Waals surface area contributed by atoms with E-state index in [4.69, 9.17) is 24.0 Å². The monoisotopic (exact) mass is 494 g/mol. The highest BCUT2D eigenvalue weighted by Crippen LogP contribution is 2.48. The van der Waals surface area contributed by atoms with Gasteiger partial charge in [-0.1, -0.05) is 15.9 Å². The van der Waals surface area contributed by atoms with Crippen LogP contribution in [-0.4, -0.2) is 32.0 Å². The summed E-state index contributed by atoms with van der Waals surface area (Å²) in [6.45, 7) is 0. The number of benzene rings is 3. The van der Waals surface area contributed by atoms with Crippen molar-refractivity contribution in [3.8, 4) is 23.0 Å². The summed E-state index contributed by atoms with van der Waals surface area (Å²) in [6.07, 6.45) is 0.423. The van der Waals surface area contributed by atoms with Crippen molar-refractivity contribution in [2.45, 2.75) is 18.7 Å². The van der Waals surface area contributed by atoms with Crippen molar-refractivity contribution in [2.75, 3.05) is 21.3 Å². The molecule has 0 spiro atoms. The Hall–Kier alpha value is -3.19. The molecule has 164 valence electrons. The maximum absolute atomic E-state index is 6.44.